The summed E-state index contributed by atoms with van der Waals surface area (Å²) in [4.78, 5) is 31.2. The molecule has 0 spiro atoms. The molecule has 1 unspecified atom stereocenters. The van der Waals surface area contributed by atoms with Gasteiger partial charge in [0, 0.05) is 28.2 Å². The van der Waals surface area contributed by atoms with Gasteiger partial charge in [-0.15, -0.1) is 0 Å². The number of ether oxygens (including phenoxy) is 4. The minimum Gasteiger partial charge on any atom is -0.495 e. The highest BCUT2D eigenvalue weighted by Gasteiger charge is 2.70. The van der Waals surface area contributed by atoms with Crippen LogP contribution in [0.15, 0.2) is 54.9 Å². The number of benzene rings is 2. The summed E-state index contributed by atoms with van der Waals surface area (Å²) >= 11 is 7.14. The second kappa shape index (κ2) is 14.1. The van der Waals surface area contributed by atoms with E-state index >= 15 is 0 Å². The van der Waals surface area contributed by atoms with Crippen molar-refractivity contribution in [3.63, 3.8) is 0 Å². The molecule has 16 heteroatoms. The maximum absolute atomic E-state index is 13.2. The number of carbonyl (C=O) groups is 2. The van der Waals surface area contributed by atoms with Crippen molar-refractivity contribution < 1.29 is 55.3 Å². The number of nitrogens with one attached hydrogen (secondary N) is 1. The summed E-state index contributed by atoms with van der Waals surface area (Å²) < 4.78 is 75.2. The number of aromatic nitrogens is 1. The fourth-order valence-electron chi connectivity index (χ4n) is 4.99. The molecule has 0 amide bonds. The lowest BCUT2D eigenvalue weighted by Gasteiger charge is -2.21. The summed E-state index contributed by atoms with van der Waals surface area (Å²) in [5.41, 5.74) is 1.32. The van der Waals surface area contributed by atoms with E-state index in [1.165, 1.54) is 61.5 Å². The largest absolute Gasteiger partial charge is 0.495 e. The van der Waals surface area contributed by atoms with Crippen LogP contribution in [-0.2, 0) is 26.0 Å². The summed E-state index contributed by atoms with van der Waals surface area (Å²) in [6.45, 7) is -2.71. The Morgan fingerprint density at radius 3 is 2.45 bits per heavy atom. The molecule has 2 aliphatic rings. The standard InChI is InChI=1S/C31H32ClF2N2O9S2/c1-41-24-6-5-20(10-23(24)35-47(3,39)40)29(38)46-16-28(37)44-26(11-18-8-9-36(42-2)15-22(18)32)19-4-7-25(45-30(33)34)27(12-19)43-17-31-13-21(31)14-31/h4-10,12,15,21,26,30,35H,11,13-14,16-17H2,1-3H3/q+1. The summed E-state index contributed by atoms with van der Waals surface area (Å²) in [6.07, 6.45) is 5.31. The number of methoxy groups -OCH3 is 1. The average Bonchev–Trinajstić information content (AvgIpc) is 3.90. The molecule has 2 aliphatic carbocycles. The lowest BCUT2D eigenvalue weighted by atomic mass is 10.0. The van der Waals surface area contributed by atoms with E-state index in [2.05, 4.69) is 9.46 Å². The van der Waals surface area contributed by atoms with Gasteiger partial charge in [-0.25, -0.2) is 8.42 Å². The van der Waals surface area contributed by atoms with Crippen molar-refractivity contribution in [2.45, 2.75) is 32.0 Å². The Bertz CT molecular complexity index is 1770. The maximum atomic E-state index is 13.2. The molecule has 47 heavy (non-hydrogen) atoms. The molecular weight excluding hydrogens is 682 g/mol. The molecule has 2 aromatic carbocycles. The van der Waals surface area contributed by atoms with Crippen molar-refractivity contribution in [2.75, 3.05) is 37.6 Å². The number of fused-ring (bicyclic) bond motifs is 1. The quantitative estimate of drug-likeness (QED) is 0.162. The van der Waals surface area contributed by atoms with Crippen LogP contribution in [-0.4, -0.2) is 58.9 Å². The van der Waals surface area contributed by atoms with E-state index in [4.69, 9.17) is 30.6 Å². The van der Waals surface area contributed by atoms with Crippen molar-refractivity contribution >= 4 is 50.2 Å². The highest BCUT2D eigenvalue weighted by molar-refractivity contribution is 8.14. The van der Waals surface area contributed by atoms with E-state index in [0.717, 1.165) is 19.1 Å². The zero-order chi connectivity index (χ0) is 33.9. The van der Waals surface area contributed by atoms with Gasteiger partial charge in [-0.1, -0.05) is 29.4 Å². The highest BCUT2D eigenvalue weighted by Crippen LogP contribution is 2.75. The zero-order valence-corrected chi connectivity index (χ0v) is 27.9. The van der Waals surface area contributed by atoms with Crippen LogP contribution >= 0.6 is 23.4 Å². The number of carbonyl (C=O) groups excluding carboxylic acids is 2. The highest BCUT2D eigenvalue weighted by atomic mass is 35.5. The lowest BCUT2D eigenvalue weighted by Crippen LogP contribution is -2.39. The second-order valence-electron chi connectivity index (χ2n) is 11.2. The molecule has 1 heterocycles. The molecule has 1 atom stereocenters. The molecule has 0 saturated heterocycles. The van der Waals surface area contributed by atoms with Gasteiger partial charge in [0.15, 0.2) is 11.5 Å². The smallest absolute Gasteiger partial charge is 0.387 e. The fraction of sp³-hybridized carbons (Fsp3) is 0.387. The van der Waals surface area contributed by atoms with Gasteiger partial charge in [0.2, 0.25) is 27.5 Å². The third-order valence-electron chi connectivity index (χ3n) is 7.83. The summed E-state index contributed by atoms with van der Waals surface area (Å²) in [7, 11) is -0.846. The Morgan fingerprint density at radius 1 is 1.11 bits per heavy atom. The third-order valence-corrected chi connectivity index (χ3v) is 9.64. The van der Waals surface area contributed by atoms with Crippen LogP contribution < -0.4 is 28.5 Å². The number of halogens is 3. The number of pyridine rings is 1. The van der Waals surface area contributed by atoms with Crippen LogP contribution in [0.2, 0.25) is 5.02 Å². The molecular formula is C31H32ClF2N2O9S2+. The molecule has 1 N–H and O–H groups in total. The summed E-state index contributed by atoms with van der Waals surface area (Å²) in [6, 6.07) is 10.2. The number of esters is 1. The molecule has 5 rings (SSSR count). The molecule has 11 nitrogen and oxygen atoms in total. The van der Waals surface area contributed by atoms with Crippen molar-refractivity contribution in [1.29, 1.82) is 0 Å². The molecule has 3 aromatic rings. The van der Waals surface area contributed by atoms with Gasteiger partial charge in [0.1, 0.15) is 24.0 Å². The van der Waals surface area contributed by atoms with Gasteiger partial charge < -0.3 is 18.9 Å². The van der Waals surface area contributed by atoms with Crippen molar-refractivity contribution in [1.82, 2.24) is 0 Å². The molecule has 0 bridgehead atoms. The van der Waals surface area contributed by atoms with E-state index in [1.54, 1.807) is 12.3 Å². The Labute approximate surface area is 279 Å². The Kier molecular flexibility index (Phi) is 10.4. The zero-order valence-electron chi connectivity index (χ0n) is 25.5. The van der Waals surface area contributed by atoms with Crippen LogP contribution in [0.1, 0.15) is 40.4 Å². The van der Waals surface area contributed by atoms with E-state index in [0.29, 0.717) is 40.4 Å². The number of anilines is 1. The molecule has 0 aliphatic heterocycles. The van der Waals surface area contributed by atoms with Gasteiger partial charge in [-0.05, 0) is 60.2 Å². The average molecular weight is 714 g/mol. The van der Waals surface area contributed by atoms with Crippen LogP contribution in [0.25, 0.3) is 0 Å². The van der Waals surface area contributed by atoms with Crippen LogP contribution in [0.5, 0.6) is 17.2 Å². The Balaban J connectivity index is 1.34. The van der Waals surface area contributed by atoms with Gasteiger partial charge in [-0.2, -0.15) is 8.78 Å². The molecule has 2 fully saturated rings. The Hall–Kier alpha value is -3.82. The minimum absolute atomic E-state index is 0.0643. The molecule has 252 valence electrons. The predicted molar refractivity (Wildman–Crippen MR) is 169 cm³/mol. The SMILES string of the molecule is COc1ccc(C(=O)SCC(=O)OC(Cc2cc[n+](OC)cc2Cl)c2ccc(OC(F)F)c(OCC34CC3C4)c2)cc1NS(C)(=O)=O. The van der Waals surface area contributed by atoms with Crippen LogP contribution in [0.4, 0.5) is 14.5 Å². The number of rotatable bonds is 16. The normalized spacial score (nSPS) is 18.5. The first-order chi connectivity index (χ1) is 22.3. The first-order valence-corrected chi connectivity index (χ1v) is 17.5. The number of nitrogens with zero attached hydrogens (tertiary/aromatic N) is 1. The van der Waals surface area contributed by atoms with E-state index in [-0.39, 0.29) is 46.1 Å². The third kappa shape index (κ3) is 8.96. The number of hydrogen-bond donors (Lipinski definition) is 1. The van der Waals surface area contributed by atoms with Crippen LogP contribution in [0, 0.1) is 11.3 Å². The number of alkyl halides is 2. The fourth-order valence-corrected chi connectivity index (χ4v) is 6.40. The van der Waals surface area contributed by atoms with Gasteiger partial charge in [-0.3, -0.25) is 19.1 Å². The number of thioether (sulfide) groups is 1. The van der Waals surface area contributed by atoms with Gasteiger partial charge >= 0.3 is 12.6 Å². The van der Waals surface area contributed by atoms with Gasteiger partial charge in [0.25, 0.3) is 0 Å². The van der Waals surface area contributed by atoms with E-state index < -0.39 is 33.8 Å². The number of hydrogen-bond acceptors (Lipinski definition) is 10. The molecule has 0 radical (unpaired) electrons. The second-order valence-corrected chi connectivity index (χ2v) is 14.4. The maximum Gasteiger partial charge on any atom is 0.387 e. The molecule has 1 aromatic heterocycles. The minimum atomic E-state index is -3.66. The van der Waals surface area contributed by atoms with Crippen molar-refractivity contribution in [3.05, 3.63) is 76.6 Å². The molecule has 2 saturated carbocycles. The predicted octanol–water partition coefficient (Wildman–Crippen LogP) is 4.86. The van der Waals surface area contributed by atoms with Gasteiger partial charge in [0.05, 0.1) is 31.4 Å². The van der Waals surface area contributed by atoms with E-state index in [1.807, 2.05) is 0 Å². The topological polar surface area (TPSA) is 130 Å². The van der Waals surface area contributed by atoms with Crippen LogP contribution in [0.3, 0.4) is 0 Å². The number of sulfonamides is 1. The van der Waals surface area contributed by atoms with Crippen molar-refractivity contribution in [3.8, 4) is 17.2 Å². The Morgan fingerprint density at radius 2 is 1.83 bits per heavy atom. The van der Waals surface area contributed by atoms with Crippen molar-refractivity contribution in [2.24, 2.45) is 11.3 Å². The first kappa shape index (κ1) is 34.5. The summed E-state index contributed by atoms with van der Waals surface area (Å²) in [5, 5.41) is -0.199. The summed E-state index contributed by atoms with van der Waals surface area (Å²) in [5.74, 6) is -0.376. The monoisotopic (exact) mass is 713 g/mol. The lowest BCUT2D eigenvalue weighted by molar-refractivity contribution is -0.885. The first-order valence-electron chi connectivity index (χ1n) is 14.3. The van der Waals surface area contributed by atoms with E-state index in [9.17, 15) is 26.8 Å².